The molecule has 1 saturated heterocycles. The largest absolute Gasteiger partial charge is 0.381 e. The van der Waals surface area contributed by atoms with Crippen molar-refractivity contribution in [3.8, 4) is 0 Å². The molecular formula is C28H38BBr2F4N2O3S2. The normalized spacial score (nSPS) is 16.0. The van der Waals surface area contributed by atoms with E-state index in [1.54, 1.807) is 77.9 Å². The van der Waals surface area contributed by atoms with Crippen LogP contribution in [0.1, 0.15) is 71.6 Å². The minimum Gasteiger partial charge on any atom is -0.381 e. The number of benzene rings is 2. The van der Waals surface area contributed by atoms with Crippen molar-refractivity contribution in [2.75, 3.05) is 13.2 Å². The fourth-order valence-corrected chi connectivity index (χ4v) is 4.79. The summed E-state index contributed by atoms with van der Waals surface area (Å²) in [7, 11) is -3.23. The van der Waals surface area contributed by atoms with Crippen LogP contribution < -0.4 is 4.72 Å². The van der Waals surface area contributed by atoms with Crippen molar-refractivity contribution in [2.45, 2.75) is 82.8 Å². The molecule has 235 valence electrons. The lowest BCUT2D eigenvalue weighted by molar-refractivity contribution is 0.109. The number of alkyl halides is 4. The fourth-order valence-electron chi connectivity index (χ4n) is 2.80. The third-order valence-corrected chi connectivity index (χ3v) is 9.20. The molecule has 14 heteroatoms. The molecule has 0 spiro atoms. The van der Waals surface area contributed by atoms with Gasteiger partial charge in [0, 0.05) is 36.1 Å². The van der Waals surface area contributed by atoms with Crippen molar-refractivity contribution in [1.82, 2.24) is 4.72 Å². The van der Waals surface area contributed by atoms with Gasteiger partial charge in [-0.1, -0.05) is 56.1 Å². The summed E-state index contributed by atoms with van der Waals surface area (Å²) in [4.78, 5) is 0. The minimum absolute atomic E-state index is 0. The van der Waals surface area contributed by atoms with Crippen molar-refractivity contribution in [2.24, 2.45) is 4.40 Å². The van der Waals surface area contributed by atoms with Crippen molar-refractivity contribution in [3.05, 3.63) is 68.6 Å². The summed E-state index contributed by atoms with van der Waals surface area (Å²) in [5.41, 5.74) is 0.271. The average Bonchev–Trinajstić information content (AvgIpc) is 3.46. The van der Waals surface area contributed by atoms with Gasteiger partial charge < -0.3 is 4.74 Å². The molecule has 3 radical (unpaired) electrons. The molecule has 3 atom stereocenters. The van der Waals surface area contributed by atoms with Gasteiger partial charge in [0.2, 0.25) is 0 Å². The zero-order valence-corrected chi connectivity index (χ0v) is 29.3. The second-order valence-electron chi connectivity index (χ2n) is 10.8. The average molecular weight is 761 g/mol. The van der Waals surface area contributed by atoms with E-state index in [-0.39, 0.29) is 14.0 Å². The van der Waals surface area contributed by atoms with Crippen LogP contribution in [0.25, 0.3) is 0 Å². The van der Waals surface area contributed by atoms with Crippen LogP contribution in [-0.2, 0) is 26.7 Å². The van der Waals surface area contributed by atoms with E-state index in [1.165, 1.54) is 25.0 Å². The van der Waals surface area contributed by atoms with Gasteiger partial charge >= 0.3 is 0 Å². The lowest BCUT2D eigenvalue weighted by Crippen LogP contribution is -2.38. The molecule has 0 unspecified atom stereocenters. The number of rotatable bonds is 7. The molecule has 2 aromatic rings. The Bertz CT molecular complexity index is 1130. The van der Waals surface area contributed by atoms with E-state index in [4.69, 9.17) is 4.74 Å². The Balaban J connectivity index is 0.000000670. The highest BCUT2D eigenvalue weighted by Crippen LogP contribution is 2.25. The number of halogens is 6. The monoisotopic (exact) mass is 759 g/mol. The van der Waals surface area contributed by atoms with E-state index in [0.717, 1.165) is 22.2 Å². The lowest BCUT2D eigenvalue weighted by atomic mass is 10.1. The smallest absolute Gasteiger partial charge is 0.281 e. The summed E-state index contributed by atoms with van der Waals surface area (Å²) < 4.78 is 87.1. The number of nitrogens with zero attached hydrogens (tertiary/aromatic N) is 1. The van der Waals surface area contributed by atoms with Crippen molar-refractivity contribution < 1.29 is 30.7 Å². The minimum atomic E-state index is -2.75. The van der Waals surface area contributed by atoms with Gasteiger partial charge in [-0.15, -0.1) is 0 Å². The van der Waals surface area contributed by atoms with Crippen molar-refractivity contribution in [3.63, 3.8) is 0 Å². The molecule has 0 bridgehead atoms. The molecule has 3 rings (SSSR count). The predicted molar refractivity (Wildman–Crippen MR) is 174 cm³/mol. The highest BCUT2D eigenvalue weighted by Gasteiger charge is 2.29. The molecule has 0 aliphatic carbocycles. The van der Waals surface area contributed by atoms with Gasteiger partial charge in [-0.3, -0.25) is 0 Å². The maximum Gasteiger partial charge on any atom is 0.281 e. The van der Waals surface area contributed by atoms with Crippen LogP contribution in [0.5, 0.6) is 0 Å². The van der Waals surface area contributed by atoms with Crippen LogP contribution in [0, 0.1) is 0 Å². The number of ether oxygens (including phenoxy) is 1. The molecule has 5 nitrogen and oxygen atoms in total. The van der Waals surface area contributed by atoms with Gasteiger partial charge in [0.05, 0.1) is 20.5 Å². The topological polar surface area (TPSA) is 67.8 Å². The Morgan fingerprint density at radius 3 is 1.62 bits per heavy atom. The van der Waals surface area contributed by atoms with E-state index < -0.39 is 56.1 Å². The molecule has 42 heavy (non-hydrogen) atoms. The Hall–Kier alpha value is -0.925. The van der Waals surface area contributed by atoms with Crippen molar-refractivity contribution >= 4 is 68.0 Å². The number of hydrogen-bond donors (Lipinski definition) is 1. The zero-order chi connectivity index (χ0) is 31.4. The highest BCUT2D eigenvalue weighted by molar-refractivity contribution is 9.10. The maximum absolute atomic E-state index is 13.0. The molecule has 0 aromatic heterocycles. The van der Waals surface area contributed by atoms with Gasteiger partial charge in [-0.25, -0.2) is 30.7 Å². The summed E-state index contributed by atoms with van der Waals surface area (Å²) in [5, 5.41) is 0. The predicted octanol–water partition coefficient (Wildman–Crippen LogP) is 8.19. The van der Waals surface area contributed by atoms with E-state index >= 15 is 0 Å². The van der Waals surface area contributed by atoms with Crippen LogP contribution in [0.4, 0.5) is 17.6 Å². The molecule has 1 aliphatic heterocycles. The Labute approximate surface area is 271 Å². The number of nitrogens with one attached hydrogen (secondary N) is 1. The highest BCUT2D eigenvalue weighted by atomic mass is 79.9. The van der Waals surface area contributed by atoms with Gasteiger partial charge in [0.1, 0.15) is 22.7 Å². The Morgan fingerprint density at radius 2 is 1.29 bits per heavy atom. The molecule has 1 aliphatic rings. The van der Waals surface area contributed by atoms with E-state index in [1.807, 2.05) is 0 Å². The first-order valence-electron chi connectivity index (χ1n) is 12.8. The van der Waals surface area contributed by atoms with Gasteiger partial charge in [-0.2, -0.15) is 4.40 Å². The Morgan fingerprint density at radius 1 is 0.833 bits per heavy atom. The van der Waals surface area contributed by atoms with Crippen LogP contribution >= 0.6 is 31.9 Å². The van der Waals surface area contributed by atoms with Gasteiger partial charge in [0.15, 0.2) is 0 Å². The molecule has 0 saturated carbocycles. The van der Waals surface area contributed by atoms with E-state index in [9.17, 15) is 26.0 Å². The molecular weight excluding hydrogens is 723 g/mol. The van der Waals surface area contributed by atoms with E-state index in [2.05, 4.69) is 41.0 Å². The van der Waals surface area contributed by atoms with Gasteiger partial charge in [-0.05, 0) is 84.2 Å². The summed E-state index contributed by atoms with van der Waals surface area (Å²) in [6, 6.07) is 11.7. The summed E-state index contributed by atoms with van der Waals surface area (Å²) >= 11 is 6.47. The fraction of sp³-hybridized carbons (Fsp3) is 0.536. The third-order valence-electron chi connectivity index (χ3n) is 5.15. The second-order valence-corrected chi connectivity index (χ2v) is 16.6. The molecule has 1 fully saturated rings. The zero-order valence-electron chi connectivity index (χ0n) is 24.5. The second kappa shape index (κ2) is 19.5. The quantitative estimate of drug-likeness (QED) is 0.176. The van der Waals surface area contributed by atoms with Crippen molar-refractivity contribution in [1.29, 1.82) is 0 Å². The standard InChI is InChI=1S/C12H16BrF2NOS.C12H14BrF2NOS.C4H8O.B/c2*1-12(2,3)18(17)16-10(11(14)15)8-4-6-9(13)7-5-8;1-2-4-5-3-1;/h4-7,10-11,16H,1-3H3;4-7,11H,1-3H3;1-4H2;/t10-,18+;18-;;/m10../s1. The number of hydrogen-bond acceptors (Lipinski definition) is 3. The molecule has 0 amide bonds. The first-order valence-corrected chi connectivity index (χ1v) is 16.6. The van der Waals surface area contributed by atoms with Crippen LogP contribution in [-0.4, -0.2) is 58.1 Å². The van der Waals surface area contributed by atoms with E-state index in [0.29, 0.717) is 5.56 Å². The molecule has 1 heterocycles. The summed E-state index contributed by atoms with van der Waals surface area (Å²) in [6.45, 7) is 12.3. The summed E-state index contributed by atoms with van der Waals surface area (Å²) in [6.07, 6.45) is -2.81. The lowest BCUT2D eigenvalue weighted by Gasteiger charge is -2.24. The molecule has 2 aromatic carbocycles. The van der Waals surface area contributed by atoms with Crippen LogP contribution in [0.15, 0.2) is 61.9 Å². The first kappa shape index (κ1) is 41.1. The van der Waals surface area contributed by atoms with Crippen LogP contribution in [0.3, 0.4) is 0 Å². The molecule has 1 N–H and O–H groups in total. The van der Waals surface area contributed by atoms with Gasteiger partial charge in [0.25, 0.3) is 12.9 Å². The van der Waals surface area contributed by atoms with Crippen LogP contribution in [0.2, 0.25) is 0 Å². The first-order chi connectivity index (χ1) is 18.9. The Kier molecular flexibility index (Phi) is 19.0. The third kappa shape index (κ3) is 15.7. The summed E-state index contributed by atoms with van der Waals surface area (Å²) in [5.74, 6) is 0. The maximum atomic E-state index is 13.0. The SMILES string of the molecule is C1CCOC1.CC(C)(C)[S@](=O)N=C(c1ccc(Br)cc1)C(F)F.CC(C)(C)[S@](=O)N[C@H](c1ccc(Br)cc1)C(F)F.[B].